The predicted octanol–water partition coefficient (Wildman–Crippen LogP) is 1.77. The Morgan fingerprint density at radius 3 is 2.71 bits per heavy atom. The number of carbonyl (C=O) groups is 1. The predicted molar refractivity (Wildman–Crippen MR) is 84.8 cm³/mol. The van der Waals surface area contributed by atoms with Crippen LogP contribution in [0.1, 0.15) is 29.6 Å². The maximum absolute atomic E-state index is 11.6. The maximum Gasteiger partial charge on any atom is 0.252 e. The van der Waals surface area contributed by atoms with E-state index in [4.69, 9.17) is 27.8 Å². The Balaban J connectivity index is 1.99. The number of ether oxygens (including phenoxy) is 1. The molecule has 1 aromatic rings. The summed E-state index contributed by atoms with van der Waals surface area (Å²) < 4.78 is 5.78. The van der Waals surface area contributed by atoms with Crippen LogP contribution in [0.5, 0.6) is 0 Å². The lowest BCUT2D eigenvalue weighted by Gasteiger charge is -2.34. The third-order valence-electron chi connectivity index (χ3n) is 3.72. The molecule has 0 atom stereocenters. The van der Waals surface area contributed by atoms with Crippen molar-refractivity contribution in [3.63, 3.8) is 0 Å². The maximum atomic E-state index is 11.6. The van der Waals surface area contributed by atoms with Crippen LogP contribution in [0.25, 0.3) is 0 Å². The van der Waals surface area contributed by atoms with Crippen molar-refractivity contribution in [3.05, 3.63) is 28.8 Å². The van der Waals surface area contributed by atoms with Crippen LogP contribution in [-0.4, -0.2) is 38.3 Å². The van der Waals surface area contributed by atoms with Gasteiger partial charge in [-0.15, -0.1) is 0 Å². The zero-order valence-electron chi connectivity index (χ0n) is 12.1. The third-order valence-corrected chi connectivity index (χ3v) is 4.04. The van der Waals surface area contributed by atoms with E-state index >= 15 is 0 Å². The van der Waals surface area contributed by atoms with E-state index in [9.17, 15) is 4.79 Å². The summed E-state index contributed by atoms with van der Waals surface area (Å²) in [5.41, 5.74) is 12.1. The molecule has 116 valence electrons. The van der Waals surface area contributed by atoms with Crippen LogP contribution in [-0.2, 0) is 4.74 Å². The van der Waals surface area contributed by atoms with E-state index in [0.29, 0.717) is 23.7 Å². The van der Waals surface area contributed by atoms with Gasteiger partial charge in [-0.1, -0.05) is 17.7 Å². The number of nitrogens with two attached hydrogens (primary N) is 2. The Bertz CT molecular complexity index is 488. The minimum Gasteiger partial charge on any atom is -0.378 e. The summed E-state index contributed by atoms with van der Waals surface area (Å²) in [7, 11) is 0. The Labute approximate surface area is 130 Å². The van der Waals surface area contributed by atoms with Crippen LogP contribution in [0, 0.1) is 0 Å². The Hall–Kier alpha value is -1.30. The van der Waals surface area contributed by atoms with E-state index in [0.717, 1.165) is 38.0 Å². The van der Waals surface area contributed by atoms with Gasteiger partial charge in [0.15, 0.2) is 0 Å². The van der Waals surface area contributed by atoms with Gasteiger partial charge in [0.1, 0.15) is 0 Å². The summed E-state index contributed by atoms with van der Waals surface area (Å²) in [6.45, 7) is 3.02. The lowest BCUT2D eigenvalue weighted by Crippen LogP contribution is -2.38. The molecule has 4 N–H and O–H groups in total. The van der Waals surface area contributed by atoms with Gasteiger partial charge in [0.05, 0.1) is 22.4 Å². The summed E-state index contributed by atoms with van der Waals surface area (Å²) in [5, 5.41) is 0.404. The molecule has 0 saturated carbocycles. The minimum atomic E-state index is -0.489. The number of anilines is 1. The number of carbonyl (C=O) groups excluding carboxylic acids is 1. The quantitative estimate of drug-likeness (QED) is 0.785. The van der Waals surface area contributed by atoms with Crippen molar-refractivity contribution in [2.24, 2.45) is 11.5 Å². The Kier molecular flexibility index (Phi) is 5.85. The number of piperidine rings is 1. The topological polar surface area (TPSA) is 81.6 Å². The van der Waals surface area contributed by atoms with E-state index in [1.165, 1.54) is 0 Å². The van der Waals surface area contributed by atoms with Gasteiger partial charge in [0.25, 0.3) is 5.91 Å². The van der Waals surface area contributed by atoms with E-state index in [2.05, 4.69) is 4.90 Å². The van der Waals surface area contributed by atoms with Gasteiger partial charge in [-0.05, 0) is 37.9 Å². The second-order valence-electron chi connectivity index (χ2n) is 5.20. The standard InChI is InChI=1S/C15H22ClN3O2/c16-12-3-1-4-13(14(12)15(18)20)19-8-5-11(6-9-19)21-10-2-7-17/h1,3-4,11H,2,5-10,17H2,(H2,18,20). The molecule has 6 heteroatoms. The molecule has 1 heterocycles. The molecule has 1 amide bonds. The highest BCUT2D eigenvalue weighted by Crippen LogP contribution is 2.29. The molecule has 1 aliphatic heterocycles. The number of primary amides is 1. The number of rotatable bonds is 6. The summed E-state index contributed by atoms with van der Waals surface area (Å²) in [4.78, 5) is 13.7. The molecular weight excluding hydrogens is 290 g/mol. The Morgan fingerprint density at radius 1 is 1.38 bits per heavy atom. The molecular formula is C15H22ClN3O2. The molecule has 1 aromatic carbocycles. The molecule has 1 aliphatic rings. The molecule has 0 unspecified atom stereocenters. The number of nitrogens with zero attached hydrogens (tertiary/aromatic N) is 1. The van der Waals surface area contributed by atoms with E-state index in [-0.39, 0.29) is 6.10 Å². The summed E-state index contributed by atoms with van der Waals surface area (Å²) >= 11 is 6.09. The molecule has 0 aliphatic carbocycles. The molecule has 1 fully saturated rings. The van der Waals surface area contributed by atoms with Crippen LogP contribution in [0.3, 0.4) is 0 Å². The van der Waals surface area contributed by atoms with Gasteiger partial charge < -0.3 is 21.1 Å². The second-order valence-corrected chi connectivity index (χ2v) is 5.60. The van der Waals surface area contributed by atoms with Gasteiger partial charge in [-0.25, -0.2) is 0 Å². The number of hydrogen-bond acceptors (Lipinski definition) is 4. The molecule has 0 radical (unpaired) electrons. The lowest BCUT2D eigenvalue weighted by atomic mass is 10.0. The van der Waals surface area contributed by atoms with Gasteiger partial charge in [-0.3, -0.25) is 4.79 Å². The van der Waals surface area contributed by atoms with Gasteiger partial charge in [-0.2, -0.15) is 0 Å². The fraction of sp³-hybridized carbons (Fsp3) is 0.533. The molecule has 21 heavy (non-hydrogen) atoms. The van der Waals surface area contributed by atoms with Gasteiger partial charge >= 0.3 is 0 Å². The number of amides is 1. The van der Waals surface area contributed by atoms with Gasteiger partial charge in [0, 0.05) is 19.7 Å². The fourth-order valence-electron chi connectivity index (χ4n) is 2.62. The molecule has 1 saturated heterocycles. The van der Waals surface area contributed by atoms with E-state index in [1.54, 1.807) is 6.07 Å². The number of benzene rings is 1. The van der Waals surface area contributed by atoms with E-state index in [1.807, 2.05) is 12.1 Å². The van der Waals surface area contributed by atoms with Crippen LogP contribution < -0.4 is 16.4 Å². The van der Waals surface area contributed by atoms with Gasteiger partial charge in [0.2, 0.25) is 0 Å². The second kappa shape index (κ2) is 7.64. The van der Waals surface area contributed by atoms with Crippen molar-refractivity contribution in [1.82, 2.24) is 0 Å². The first-order valence-electron chi connectivity index (χ1n) is 7.28. The summed E-state index contributed by atoms with van der Waals surface area (Å²) in [6.07, 6.45) is 3.01. The zero-order chi connectivity index (χ0) is 15.2. The molecule has 0 bridgehead atoms. The summed E-state index contributed by atoms with van der Waals surface area (Å²) in [5.74, 6) is -0.489. The minimum absolute atomic E-state index is 0.268. The van der Waals surface area contributed by atoms with Crippen molar-refractivity contribution in [2.45, 2.75) is 25.4 Å². The van der Waals surface area contributed by atoms with Crippen molar-refractivity contribution < 1.29 is 9.53 Å². The van der Waals surface area contributed by atoms with Crippen LogP contribution in [0.2, 0.25) is 5.02 Å². The van der Waals surface area contributed by atoms with Crippen molar-refractivity contribution in [2.75, 3.05) is 31.1 Å². The van der Waals surface area contributed by atoms with Crippen LogP contribution in [0.4, 0.5) is 5.69 Å². The van der Waals surface area contributed by atoms with Crippen molar-refractivity contribution >= 4 is 23.2 Å². The Morgan fingerprint density at radius 2 is 2.10 bits per heavy atom. The fourth-order valence-corrected chi connectivity index (χ4v) is 2.88. The highest BCUT2D eigenvalue weighted by molar-refractivity contribution is 6.34. The normalized spacial score (nSPS) is 16.2. The third kappa shape index (κ3) is 4.09. The summed E-state index contributed by atoms with van der Waals surface area (Å²) in [6, 6.07) is 5.42. The van der Waals surface area contributed by atoms with Crippen molar-refractivity contribution in [3.8, 4) is 0 Å². The highest BCUT2D eigenvalue weighted by atomic mass is 35.5. The average molecular weight is 312 g/mol. The first kappa shape index (κ1) is 16.1. The molecule has 0 aromatic heterocycles. The first-order valence-corrected chi connectivity index (χ1v) is 7.66. The lowest BCUT2D eigenvalue weighted by molar-refractivity contribution is 0.0366. The highest BCUT2D eigenvalue weighted by Gasteiger charge is 2.23. The number of hydrogen-bond donors (Lipinski definition) is 2. The average Bonchev–Trinajstić information content (AvgIpc) is 2.47. The van der Waals surface area contributed by atoms with Crippen molar-refractivity contribution in [1.29, 1.82) is 0 Å². The molecule has 2 rings (SSSR count). The largest absolute Gasteiger partial charge is 0.378 e. The monoisotopic (exact) mass is 311 g/mol. The zero-order valence-corrected chi connectivity index (χ0v) is 12.8. The smallest absolute Gasteiger partial charge is 0.252 e. The van der Waals surface area contributed by atoms with Crippen LogP contribution in [0.15, 0.2) is 18.2 Å². The van der Waals surface area contributed by atoms with Crippen LogP contribution >= 0.6 is 11.6 Å². The number of halogens is 1. The first-order chi connectivity index (χ1) is 10.1. The van der Waals surface area contributed by atoms with E-state index < -0.39 is 5.91 Å². The molecule has 0 spiro atoms. The molecule has 5 nitrogen and oxygen atoms in total. The SMILES string of the molecule is NCCCOC1CCN(c2cccc(Cl)c2C(N)=O)CC1.